The SMILES string of the molecule is Nc1cc2[nH]c(N3CCCC3)cc2s1. The summed E-state index contributed by atoms with van der Waals surface area (Å²) in [4.78, 5) is 5.82. The van der Waals surface area contributed by atoms with Crippen LogP contribution in [-0.4, -0.2) is 18.1 Å². The molecule has 0 aromatic carbocycles. The summed E-state index contributed by atoms with van der Waals surface area (Å²) < 4.78 is 1.27. The van der Waals surface area contributed by atoms with Gasteiger partial charge in [0.2, 0.25) is 0 Å². The topological polar surface area (TPSA) is 45.1 Å². The molecule has 3 heterocycles. The number of H-pyrrole nitrogens is 1. The lowest BCUT2D eigenvalue weighted by atomic mass is 10.4. The molecule has 0 unspecified atom stereocenters. The summed E-state index contributed by atoms with van der Waals surface area (Å²) >= 11 is 1.65. The van der Waals surface area contributed by atoms with E-state index in [0.717, 1.165) is 5.00 Å². The Kier molecular flexibility index (Phi) is 1.70. The van der Waals surface area contributed by atoms with Gasteiger partial charge in [-0.05, 0) is 25.0 Å². The molecule has 0 amide bonds. The molecule has 74 valence electrons. The van der Waals surface area contributed by atoms with Gasteiger partial charge in [-0.2, -0.15) is 0 Å². The Bertz CT molecular complexity index is 419. The molecule has 14 heavy (non-hydrogen) atoms. The summed E-state index contributed by atoms with van der Waals surface area (Å²) in [5.41, 5.74) is 6.90. The molecule has 1 aliphatic heterocycles. The summed E-state index contributed by atoms with van der Waals surface area (Å²) in [7, 11) is 0. The molecule has 0 spiro atoms. The standard InChI is InChI=1S/C10H13N3S/c11-9-5-7-8(14-9)6-10(12-7)13-3-1-2-4-13/h5-6,12H,1-4,11H2. The second-order valence-electron chi connectivity index (χ2n) is 3.78. The van der Waals surface area contributed by atoms with E-state index in [1.807, 2.05) is 6.07 Å². The van der Waals surface area contributed by atoms with Crippen LogP contribution in [0.1, 0.15) is 12.8 Å². The van der Waals surface area contributed by atoms with Gasteiger partial charge in [0.05, 0.1) is 15.2 Å². The fourth-order valence-electron chi connectivity index (χ4n) is 2.06. The van der Waals surface area contributed by atoms with Crippen molar-refractivity contribution >= 4 is 32.4 Å². The normalized spacial score (nSPS) is 17.0. The van der Waals surface area contributed by atoms with Gasteiger partial charge in [0.15, 0.2) is 0 Å². The fraction of sp³-hybridized carbons (Fsp3) is 0.400. The average Bonchev–Trinajstić information content (AvgIpc) is 2.74. The molecule has 0 saturated carbocycles. The van der Waals surface area contributed by atoms with Crippen LogP contribution in [0.3, 0.4) is 0 Å². The zero-order chi connectivity index (χ0) is 9.54. The maximum absolute atomic E-state index is 5.72. The van der Waals surface area contributed by atoms with Crippen molar-refractivity contribution in [2.75, 3.05) is 23.7 Å². The highest BCUT2D eigenvalue weighted by Crippen LogP contribution is 2.31. The van der Waals surface area contributed by atoms with Gasteiger partial charge in [-0.3, -0.25) is 0 Å². The van der Waals surface area contributed by atoms with Crippen molar-refractivity contribution in [3.63, 3.8) is 0 Å². The number of fused-ring (bicyclic) bond motifs is 1. The Morgan fingerprint density at radius 1 is 1.29 bits per heavy atom. The highest BCUT2D eigenvalue weighted by atomic mass is 32.1. The van der Waals surface area contributed by atoms with Crippen LogP contribution in [0.25, 0.3) is 10.2 Å². The van der Waals surface area contributed by atoms with Crippen LogP contribution in [-0.2, 0) is 0 Å². The average molecular weight is 207 g/mol. The second-order valence-corrected chi connectivity index (χ2v) is 4.89. The summed E-state index contributed by atoms with van der Waals surface area (Å²) in [6, 6.07) is 4.22. The number of anilines is 2. The quantitative estimate of drug-likeness (QED) is 0.754. The first-order chi connectivity index (χ1) is 6.83. The molecule has 0 bridgehead atoms. The van der Waals surface area contributed by atoms with E-state index < -0.39 is 0 Å². The van der Waals surface area contributed by atoms with Crippen molar-refractivity contribution in [3.8, 4) is 0 Å². The molecule has 2 aromatic rings. The number of nitrogens with one attached hydrogen (secondary N) is 1. The van der Waals surface area contributed by atoms with E-state index in [0.29, 0.717) is 0 Å². The second kappa shape index (κ2) is 2.92. The van der Waals surface area contributed by atoms with Gasteiger partial charge in [-0.1, -0.05) is 0 Å². The van der Waals surface area contributed by atoms with Crippen LogP contribution in [0.15, 0.2) is 12.1 Å². The van der Waals surface area contributed by atoms with E-state index in [9.17, 15) is 0 Å². The number of thiophene rings is 1. The zero-order valence-electron chi connectivity index (χ0n) is 7.92. The molecule has 1 aliphatic rings. The van der Waals surface area contributed by atoms with Gasteiger partial charge >= 0.3 is 0 Å². The van der Waals surface area contributed by atoms with Crippen LogP contribution in [0.2, 0.25) is 0 Å². The molecular weight excluding hydrogens is 194 g/mol. The monoisotopic (exact) mass is 207 g/mol. The van der Waals surface area contributed by atoms with E-state index >= 15 is 0 Å². The molecular formula is C10H13N3S. The molecule has 0 atom stereocenters. The molecule has 3 N–H and O–H groups in total. The maximum atomic E-state index is 5.72. The lowest BCUT2D eigenvalue weighted by molar-refractivity contribution is 0.949. The summed E-state index contributed by atoms with van der Waals surface area (Å²) in [6.07, 6.45) is 2.63. The Labute approximate surface area is 86.5 Å². The predicted molar refractivity (Wildman–Crippen MR) is 62.0 cm³/mol. The number of nitrogen functional groups attached to an aromatic ring is 1. The van der Waals surface area contributed by atoms with Crippen LogP contribution < -0.4 is 10.6 Å². The number of hydrogen-bond donors (Lipinski definition) is 2. The highest BCUT2D eigenvalue weighted by molar-refractivity contribution is 7.22. The summed E-state index contributed by atoms with van der Waals surface area (Å²) in [6.45, 7) is 2.37. The van der Waals surface area contributed by atoms with Crippen molar-refractivity contribution in [3.05, 3.63) is 12.1 Å². The first kappa shape index (κ1) is 8.17. The van der Waals surface area contributed by atoms with E-state index in [1.165, 1.54) is 42.0 Å². The van der Waals surface area contributed by atoms with Crippen molar-refractivity contribution < 1.29 is 0 Å². The lowest BCUT2D eigenvalue weighted by Crippen LogP contribution is -2.17. The summed E-state index contributed by atoms with van der Waals surface area (Å²) in [5.74, 6) is 1.25. The van der Waals surface area contributed by atoms with Crippen molar-refractivity contribution in [2.45, 2.75) is 12.8 Å². The van der Waals surface area contributed by atoms with Gasteiger partial charge in [-0.15, -0.1) is 11.3 Å². The first-order valence-electron chi connectivity index (χ1n) is 4.96. The van der Waals surface area contributed by atoms with Gasteiger partial charge in [-0.25, -0.2) is 0 Å². The fourth-order valence-corrected chi connectivity index (χ4v) is 2.88. The minimum Gasteiger partial charge on any atom is -0.391 e. The molecule has 0 aliphatic carbocycles. The number of nitrogens with two attached hydrogens (primary N) is 1. The third-order valence-electron chi connectivity index (χ3n) is 2.76. The van der Waals surface area contributed by atoms with Crippen molar-refractivity contribution in [2.24, 2.45) is 0 Å². The highest BCUT2D eigenvalue weighted by Gasteiger charge is 2.14. The van der Waals surface area contributed by atoms with Crippen LogP contribution in [0.5, 0.6) is 0 Å². The number of aromatic amines is 1. The molecule has 1 saturated heterocycles. The zero-order valence-corrected chi connectivity index (χ0v) is 8.73. The minimum absolute atomic E-state index is 0.888. The minimum atomic E-state index is 0.888. The molecule has 0 radical (unpaired) electrons. The Morgan fingerprint density at radius 3 is 2.79 bits per heavy atom. The maximum Gasteiger partial charge on any atom is 0.107 e. The van der Waals surface area contributed by atoms with Crippen molar-refractivity contribution in [1.29, 1.82) is 0 Å². The molecule has 2 aromatic heterocycles. The predicted octanol–water partition coefficient (Wildman–Crippen LogP) is 2.41. The third-order valence-corrected chi connectivity index (χ3v) is 3.67. The number of aromatic nitrogens is 1. The van der Waals surface area contributed by atoms with Crippen LogP contribution in [0, 0.1) is 0 Å². The van der Waals surface area contributed by atoms with E-state index in [4.69, 9.17) is 5.73 Å². The van der Waals surface area contributed by atoms with Gasteiger partial charge in [0, 0.05) is 13.1 Å². The van der Waals surface area contributed by atoms with E-state index in [1.54, 1.807) is 11.3 Å². The van der Waals surface area contributed by atoms with Gasteiger partial charge in [0.25, 0.3) is 0 Å². The molecule has 3 rings (SSSR count). The number of rotatable bonds is 1. The van der Waals surface area contributed by atoms with E-state index in [-0.39, 0.29) is 0 Å². The largest absolute Gasteiger partial charge is 0.391 e. The number of nitrogens with zero attached hydrogens (tertiary/aromatic N) is 1. The molecule has 4 heteroatoms. The van der Waals surface area contributed by atoms with Crippen molar-refractivity contribution in [1.82, 2.24) is 4.98 Å². The summed E-state index contributed by atoms with van der Waals surface area (Å²) in [5, 5.41) is 0.888. The van der Waals surface area contributed by atoms with Gasteiger partial charge in [0.1, 0.15) is 5.82 Å². The first-order valence-corrected chi connectivity index (χ1v) is 5.77. The van der Waals surface area contributed by atoms with E-state index in [2.05, 4.69) is 16.0 Å². The molecule has 3 nitrogen and oxygen atoms in total. The number of hydrogen-bond acceptors (Lipinski definition) is 3. The Balaban J connectivity index is 2.01. The van der Waals surface area contributed by atoms with Crippen LogP contribution in [0.4, 0.5) is 10.8 Å². The lowest BCUT2D eigenvalue weighted by Gasteiger charge is -2.14. The van der Waals surface area contributed by atoms with Crippen LogP contribution >= 0.6 is 11.3 Å². The Morgan fingerprint density at radius 2 is 2.07 bits per heavy atom. The third kappa shape index (κ3) is 1.18. The Hall–Kier alpha value is -1.16. The smallest absolute Gasteiger partial charge is 0.107 e. The van der Waals surface area contributed by atoms with Gasteiger partial charge < -0.3 is 15.6 Å². The molecule has 1 fully saturated rings.